The summed E-state index contributed by atoms with van der Waals surface area (Å²) in [6, 6.07) is 7.22. The Morgan fingerprint density at radius 1 is 1.32 bits per heavy atom. The van der Waals surface area contributed by atoms with Gasteiger partial charge in [-0.15, -0.1) is 0 Å². The molecule has 28 heavy (non-hydrogen) atoms. The van der Waals surface area contributed by atoms with Crippen molar-refractivity contribution in [1.82, 2.24) is 15.5 Å². The van der Waals surface area contributed by atoms with Gasteiger partial charge >= 0.3 is 12.0 Å². The summed E-state index contributed by atoms with van der Waals surface area (Å²) in [5.74, 6) is -1.69. The summed E-state index contributed by atoms with van der Waals surface area (Å²) >= 11 is 0. The van der Waals surface area contributed by atoms with Gasteiger partial charge in [-0.2, -0.15) is 0 Å². The summed E-state index contributed by atoms with van der Waals surface area (Å²) in [6.07, 6.45) is 3.20. The van der Waals surface area contributed by atoms with Crippen molar-refractivity contribution in [1.29, 1.82) is 0 Å². The van der Waals surface area contributed by atoms with E-state index in [1.54, 1.807) is 13.8 Å². The second-order valence-corrected chi connectivity index (χ2v) is 7.38. The second kappa shape index (κ2) is 8.00. The zero-order chi connectivity index (χ0) is 20.3. The molecule has 1 aromatic carbocycles. The van der Waals surface area contributed by atoms with Crippen LogP contribution in [0.1, 0.15) is 50.3 Å². The highest BCUT2D eigenvalue weighted by Gasteiger charge is 2.47. The number of esters is 1. The van der Waals surface area contributed by atoms with Crippen molar-refractivity contribution in [3.05, 3.63) is 35.4 Å². The van der Waals surface area contributed by atoms with Crippen LogP contribution in [-0.4, -0.2) is 47.4 Å². The number of fused-ring (bicyclic) bond motifs is 1. The summed E-state index contributed by atoms with van der Waals surface area (Å²) < 4.78 is 4.97. The topological polar surface area (TPSA) is 105 Å². The number of hydrogen-bond acceptors (Lipinski definition) is 5. The molecule has 1 aliphatic heterocycles. The number of rotatable bonds is 6. The van der Waals surface area contributed by atoms with Crippen LogP contribution >= 0.6 is 0 Å². The van der Waals surface area contributed by atoms with Crippen LogP contribution in [0.3, 0.4) is 0 Å². The average molecular weight is 387 g/mol. The number of nitrogens with one attached hydrogen (secondary N) is 2. The number of nitrogens with zero attached hydrogens (tertiary/aromatic N) is 1. The van der Waals surface area contributed by atoms with E-state index in [1.165, 1.54) is 5.56 Å². The van der Waals surface area contributed by atoms with Crippen molar-refractivity contribution in [2.24, 2.45) is 0 Å². The van der Waals surface area contributed by atoms with Crippen molar-refractivity contribution >= 4 is 23.8 Å². The number of urea groups is 1. The molecule has 0 bridgehead atoms. The number of carbonyl (C=O) groups is 4. The van der Waals surface area contributed by atoms with Crippen molar-refractivity contribution in [3.8, 4) is 0 Å². The zero-order valence-electron chi connectivity index (χ0n) is 16.1. The Bertz CT molecular complexity index is 809. The van der Waals surface area contributed by atoms with Crippen molar-refractivity contribution in [2.45, 2.75) is 51.1 Å². The SMILES string of the molecule is CC[C@]1(C)NC(=O)N(CC(=O)OCC(=O)N[C@@H]2CCCc3ccccc32)C1=O. The van der Waals surface area contributed by atoms with Gasteiger partial charge in [-0.3, -0.25) is 19.3 Å². The number of aryl methyl sites for hydroxylation is 1. The van der Waals surface area contributed by atoms with Crippen LogP contribution in [0, 0.1) is 0 Å². The molecule has 150 valence electrons. The first-order valence-corrected chi connectivity index (χ1v) is 9.51. The standard InChI is InChI=1S/C20H25N3O5/c1-3-20(2)18(26)23(19(27)22-20)11-17(25)28-12-16(24)21-15-10-6-8-13-7-4-5-9-14(13)15/h4-5,7,9,15H,3,6,8,10-12H2,1-2H3,(H,21,24)(H,22,27)/t15-,20+/m1/s1. The van der Waals surface area contributed by atoms with E-state index in [1.807, 2.05) is 18.2 Å². The van der Waals surface area contributed by atoms with E-state index in [-0.39, 0.29) is 6.04 Å². The van der Waals surface area contributed by atoms with Crippen molar-refractivity contribution in [3.63, 3.8) is 0 Å². The van der Waals surface area contributed by atoms with E-state index >= 15 is 0 Å². The fourth-order valence-corrected chi connectivity index (χ4v) is 3.59. The molecule has 8 heteroatoms. The highest BCUT2D eigenvalue weighted by Crippen LogP contribution is 2.29. The van der Waals surface area contributed by atoms with Gasteiger partial charge in [-0.25, -0.2) is 4.79 Å². The molecule has 0 unspecified atom stereocenters. The zero-order valence-corrected chi connectivity index (χ0v) is 16.1. The predicted molar refractivity (Wildman–Crippen MR) is 100 cm³/mol. The number of imide groups is 1. The number of ether oxygens (including phenoxy) is 1. The maximum Gasteiger partial charge on any atom is 0.326 e. The Hall–Kier alpha value is -2.90. The number of amides is 4. The molecule has 0 saturated carbocycles. The summed E-state index contributed by atoms with van der Waals surface area (Å²) in [5.41, 5.74) is 1.29. The minimum Gasteiger partial charge on any atom is -0.454 e. The van der Waals surface area contributed by atoms with Gasteiger partial charge < -0.3 is 15.4 Å². The van der Waals surface area contributed by atoms with Crippen molar-refractivity contribution in [2.75, 3.05) is 13.2 Å². The minimum absolute atomic E-state index is 0.104. The first kappa shape index (κ1) is 19.9. The molecule has 1 aromatic rings. The fraction of sp³-hybridized carbons (Fsp3) is 0.500. The van der Waals surface area contributed by atoms with Crippen LogP contribution in [0.2, 0.25) is 0 Å². The van der Waals surface area contributed by atoms with Crippen LogP contribution < -0.4 is 10.6 Å². The predicted octanol–water partition coefficient (Wildman–Crippen LogP) is 1.44. The molecule has 2 atom stereocenters. The molecular formula is C20H25N3O5. The van der Waals surface area contributed by atoms with Crippen LogP contribution in [0.25, 0.3) is 0 Å². The van der Waals surface area contributed by atoms with E-state index in [0.29, 0.717) is 6.42 Å². The molecule has 1 saturated heterocycles. The van der Waals surface area contributed by atoms with E-state index in [0.717, 1.165) is 29.7 Å². The van der Waals surface area contributed by atoms with E-state index in [4.69, 9.17) is 4.74 Å². The molecule has 4 amide bonds. The fourth-order valence-electron chi connectivity index (χ4n) is 3.59. The molecule has 0 radical (unpaired) electrons. The Morgan fingerprint density at radius 2 is 2.07 bits per heavy atom. The molecule has 2 N–H and O–H groups in total. The Balaban J connectivity index is 1.50. The Labute approximate surface area is 163 Å². The first-order chi connectivity index (χ1) is 13.3. The normalized spacial score (nSPS) is 23.8. The third kappa shape index (κ3) is 4.00. The van der Waals surface area contributed by atoms with Gasteiger partial charge in [0.25, 0.3) is 11.8 Å². The molecule has 1 heterocycles. The summed E-state index contributed by atoms with van der Waals surface area (Å²) in [6.45, 7) is 2.41. The minimum atomic E-state index is -1.01. The van der Waals surface area contributed by atoms with Gasteiger partial charge in [0.2, 0.25) is 0 Å². The Morgan fingerprint density at radius 3 is 2.79 bits per heavy atom. The number of hydrogen-bond donors (Lipinski definition) is 2. The van der Waals surface area contributed by atoms with Gasteiger partial charge in [0.1, 0.15) is 12.1 Å². The highest BCUT2D eigenvalue weighted by molar-refractivity contribution is 6.08. The first-order valence-electron chi connectivity index (χ1n) is 9.51. The van der Waals surface area contributed by atoms with Gasteiger partial charge in [0.05, 0.1) is 6.04 Å². The van der Waals surface area contributed by atoms with Crippen LogP contribution in [0.5, 0.6) is 0 Å². The average Bonchev–Trinajstić information content (AvgIpc) is 2.90. The van der Waals surface area contributed by atoms with E-state index in [2.05, 4.69) is 16.7 Å². The number of benzene rings is 1. The molecule has 3 rings (SSSR count). The maximum absolute atomic E-state index is 12.3. The van der Waals surface area contributed by atoms with Crippen molar-refractivity contribution < 1.29 is 23.9 Å². The monoisotopic (exact) mass is 387 g/mol. The third-order valence-corrected chi connectivity index (χ3v) is 5.41. The lowest BCUT2D eigenvalue weighted by molar-refractivity contribution is -0.151. The smallest absolute Gasteiger partial charge is 0.326 e. The highest BCUT2D eigenvalue weighted by atomic mass is 16.5. The van der Waals surface area contributed by atoms with Crippen LogP contribution in [-0.2, 0) is 25.5 Å². The van der Waals surface area contributed by atoms with Gasteiger partial charge in [-0.1, -0.05) is 31.2 Å². The van der Waals surface area contributed by atoms with Gasteiger partial charge in [-0.05, 0) is 43.7 Å². The lowest BCUT2D eigenvalue weighted by Crippen LogP contribution is -2.43. The molecule has 8 nitrogen and oxygen atoms in total. The third-order valence-electron chi connectivity index (χ3n) is 5.41. The van der Waals surface area contributed by atoms with Gasteiger partial charge in [0.15, 0.2) is 6.61 Å². The lowest BCUT2D eigenvalue weighted by Gasteiger charge is -2.26. The largest absolute Gasteiger partial charge is 0.454 e. The Kier molecular flexibility index (Phi) is 5.67. The summed E-state index contributed by atoms with van der Waals surface area (Å²) in [4.78, 5) is 49.2. The molecule has 1 aliphatic carbocycles. The summed E-state index contributed by atoms with van der Waals surface area (Å²) in [5, 5.41) is 5.45. The molecule has 2 aliphatic rings. The maximum atomic E-state index is 12.3. The van der Waals surface area contributed by atoms with Gasteiger partial charge in [0, 0.05) is 0 Å². The van der Waals surface area contributed by atoms with E-state index in [9.17, 15) is 19.2 Å². The molecular weight excluding hydrogens is 362 g/mol. The van der Waals surface area contributed by atoms with Crippen LogP contribution in [0.4, 0.5) is 4.79 Å². The van der Waals surface area contributed by atoms with E-state index < -0.39 is 42.5 Å². The second-order valence-electron chi connectivity index (χ2n) is 7.38. The number of carbonyl (C=O) groups excluding carboxylic acids is 4. The summed E-state index contributed by atoms with van der Waals surface area (Å²) in [7, 11) is 0. The quantitative estimate of drug-likeness (QED) is 0.568. The van der Waals surface area contributed by atoms with Crippen LogP contribution in [0.15, 0.2) is 24.3 Å². The molecule has 0 spiro atoms. The molecule has 1 fully saturated rings. The lowest BCUT2D eigenvalue weighted by atomic mass is 9.88. The molecule has 0 aromatic heterocycles.